The van der Waals surface area contributed by atoms with Gasteiger partial charge in [0.15, 0.2) is 0 Å². The van der Waals surface area contributed by atoms with Gasteiger partial charge in [0.25, 0.3) is 5.91 Å². The molecule has 1 unspecified atom stereocenters. The van der Waals surface area contributed by atoms with E-state index in [1.807, 2.05) is 53.4 Å². The smallest absolute Gasteiger partial charge is 0.258 e. The molecular formula is C22H20N2O. The van der Waals surface area contributed by atoms with E-state index in [0.717, 1.165) is 22.4 Å². The molecule has 3 heteroatoms. The molecule has 124 valence electrons. The molecule has 0 bridgehead atoms. The molecule has 25 heavy (non-hydrogen) atoms. The standard InChI is InChI=1S/C22H20N2O/c1-16-8-7-11-18(14-16)21-23-20-13-6-5-12-19(20)22(25)24(21)15-17-9-3-2-4-10-17/h2-14,21,23H,15H2,1H3. The maximum absolute atomic E-state index is 13.2. The van der Waals surface area contributed by atoms with E-state index in [9.17, 15) is 4.79 Å². The monoisotopic (exact) mass is 328 g/mol. The first-order chi connectivity index (χ1) is 12.2. The lowest BCUT2D eigenvalue weighted by molar-refractivity contribution is 0.0666. The Morgan fingerprint density at radius 2 is 1.68 bits per heavy atom. The normalized spacial score (nSPS) is 16.3. The van der Waals surface area contributed by atoms with E-state index in [0.29, 0.717) is 6.54 Å². The Balaban J connectivity index is 1.77. The van der Waals surface area contributed by atoms with Crippen molar-refractivity contribution in [3.8, 4) is 0 Å². The van der Waals surface area contributed by atoms with Gasteiger partial charge in [-0.05, 0) is 30.2 Å². The molecule has 0 radical (unpaired) electrons. The van der Waals surface area contributed by atoms with Crippen LogP contribution in [0.1, 0.15) is 33.2 Å². The van der Waals surface area contributed by atoms with Crippen LogP contribution >= 0.6 is 0 Å². The quantitative estimate of drug-likeness (QED) is 0.751. The van der Waals surface area contributed by atoms with Gasteiger partial charge in [0, 0.05) is 12.2 Å². The summed E-state index contributed by atoms with van der Waals surface area (Å²) in [5.74, 6) is 0.0599. The first kappa shape index (κ1) is 15.5. The van der Waals surface area contributed by atoms with Crippen molar-refractivity contribution in [2.45, 2.75) is 19.6 Å². The fourth-order valence-electron chi connectivity index (χ4n) is 3.34. The number of carbonyl (C=O) groups is 1. The van der Waals surface area contributed by atoms with E-state index >= 15 is 0 Å². The van der Waals surface area contributed by atoms with Crippen LogP contribution in [0.25, 0.3) is 0 Å². The van der Waals surface area contributed by atoms with E-state index < -0.39 is 0 Å². The Morgan fingerprint density at radius 1 is 0.920 bits per heavy atom. The Hall–Kier alpha value is -3.07. The minimum Gasteiger partial charge on any atom is -0.361 e. The topological polar surface area (TPSA) is 32.3 Å². The summed E-state index contributed by atoms with van der Waals surface area (Å²) in [7, 11) is 0. The van der Waals surface area contributed by atoms with Gasteiger partial charge in [-0.25, -0.2) is 0 Å². The molecule has 3 nitrogen and oxygen atoms in total. The number of benzene rings is 3. The average molecular weight is 328 g/mol. The number of nitrogens with zero attached hydrogens (tertiary/aromatic N) is 1. The largest absolute Gasteiger partial charge is 0.361 e. The van der Waals surface area contributed by atoms with Gasteiger partial charge in [-0.2, -0.15) is 0 Å². The molecule has 1 aliphatic rings. The van der Waals surface area contributed by atoms with Crippen LogP contribution in [0.15, 0.2) is 78.9 Å². The zero-order valence-corrected chi connectivity index (χ0v) is 14.1. The van der Waals surface area contributed by atoms with Crippen molar-refractivity contribution < 1.29 is 4.79 Å². The number of carbonyl (C=O) groups excluding carboxylic acids is 1. The Labute approximate surface area is 147 Å². The van der Waals surface area contributed by atoms with Crippen LogP contribution in [0.5, 0.6) is 0 Å². The summed E-state index contributed by atoms with van der Waals surface area (Å²) in [6.45, 7) is 2.64. The molecule has 4 rings (SSSR count). The summed E-state index contributed by atoms with van der Waals surface area (Å²) in [4.78, 5) is 15.1. The number of rotatable bonds is 3. The van der Waals surface area contributed by atoms with Crippen LogP contribution in [-0.4, -0.2) is 10.8 Å². The molecule has 3 aromatic carbocycles. The lowest BCUT2D eigenvalue weighted by Gasteiger charge is -2.38. The maximum atomic E-state index is 13.2. The van der Waals surface area contributed by atoms with Gasteiger partial charge >= 0.3 is 0 Å². The highest BCUT2D eigenvalue weighted by atomic mass is 16.2. The molecule has 3 aromatic rings. The fraction of sp³-hybridized carbons (Fsp3) is 0.136. The van der Waals surface area contributed by atoms with Crippen LogP contribution in [0, 0.1) is 6.92 Å². The van der Waals surface area contributed by atoms with Crippen LogP contribution in [0.3, 0.4) is 0 Å². The van der Waals surface area contributed by atoms with Crippen molar-refractivity contribution in [2.24, 2.45) is 0 Å². The van der Waals surface area contributed by atoms with Crippen molar-refractivity contribution in [2.75, 3.05) is 5.32 Å². The predicted molar refractivity (Wildman–Crippen MR) is 100 cm³/mol. The first-order valence-corrected chi connectivity index (χ1v) is 8.49. The summed E-state index contributed by atoms with van der Waals surface area (Å²) < 4.78 is 0. The highest BCUT2D eigenvalue weighted by Crippen LogP contribution is 2.34. The number of para-hydroxylation sites is 1. The zero-order chi connectivity index (χ0) is 17.2. The number of fused-ring (bicyclic) bond motifs is 1. The number of anilines is 1. The van der Waals surface area contributed by atoms with Gasteiger partial charge in [-0.1, -0.05) is 72.3 Å². The van der Waals surface area contributed by atoms with Gasteiger partial charge in [-0.15, -0.1) is 0 Å². The van der Waals surface area contributed by atoms with Crippen LogP contribution in [-0.2, 0) is 6.54 Å². The minimum atomic E-state index is -0.178. The highest BCUT2D eigenvalue weighted by molar-refractivity contribution is 6.01. The maximum Gasteiger partial charge on any atom is 0.258 e. The van der Waals surface area contributed by atoms with E-state index in [2.05, 4.69) is 42.6 Å². The highest BCUT2D eigenvalue weighted by Gasteiger charge is 2.32. The van der Waals surface area contributed by atoms with Gasteiger partial charge < -0.3 is 10.2 Å². The van der Waals surface area contributed by atoms with Crippen LogP contribution in [0.4, 0.5) is 5.69 Å². The molecule has 0 spiro atoms. The molecule has 0 aromatic heterocycles. The number of nitrogens with one attached hydrogen (secondary N) is 1. The van der Waals surface area contributed by atoms with E-state index in [1.165, 1.54) is 5.56 Å². The third-order valence-corrected chi connectivity index (χ3v) is 4.58. The molecule has 0 aliphatic carbocycles. The minimum absolute atomic E-state index is 0.0599. The van der Waals surface area contributed by atoms with E-state index in [4.69, 9.17) is 0 Å². The summed E-state index contributed by atoms with van der Waals surface area (Å²) in [5.41, 5.74) is 5.02. The van der Waals surface area contributed by atoms with Gasteiger partial charge in [0.1, 0.15) is 6.17 Å². The zero-order valence-electron chi connectivity index (χ0n) is 14.1. The molecule has 0 saturated carbocycles. The Kier molecular flexibility index (Phi) is 3.98. The number of aryl methyl sites for hydroxylation is 1. The first-order valence-electron chi connectivity index (χ1n) is 8.49. The molecule has 1 heterocycles. The lowest BCUT2D eigenvalue weighted by atomic mass is 10.0. The Bertz CT molecular complexity index is 905. The summed E-state index contributed by atoms with van der Waals surface area (Å²) in [6.07, 6.45) is -0.178. The average Bonchev–Trinajstić information content (AvgIpc) is 2.65. The number of hydrogen-bond donors (Lipinski definition) is 1. The third-order valence-electron chi connectivity index (χ3n) is 4.58. The molecule has 1 aliphatic heterocycles. The van der Waals surface area contributed by atoms with Crippen molar-refractivity contribution in [3.05, 3.63) is 101 Å². The lowest BCUT2D eigenvalue weighted by Crippen LogP contribution is -2.42. The molecule has 1 atom stereocenters. The number of amides is 1. The second kappa shape index (κ2) is 6.44. The van der Waals surface area contributed by atoms with E-state index in [1.54, 1.807) is 0 Å². The summed E-state index contributed by atoms with van der Waals surface area (Å²) in [6, 6.07) is 26.2. The number of hydrogen-bond acceptors (Lipinski definition) is 2. The summed E-state index contributed by atoms with van der Waals surface area (Å²) in [5, 5.41) is 3.55. The Morgan fingerprint density at radius 3 is 2.48 bits per heavy atom. The van der Waals surface area contributed by atoms with Crippen LogP contribution < -0.4 is 5.32 Å². The second-order valence-electron chi connectivity index (χ2n) is 6.43. The molecule has 1 amide bonds. The van der Waals surface area contributed by atoms with Gasteiger partial charge in [0.2, 0.25) is 0 Å². The SMILES string of the molecule is Cc1cccc(C2Nc3ccccc3C(=O)N2Cc2ccccc2)c1. The fourth-order valence-corrected chi connectivity index (χ4v) is 3.34. The van der Waals surface area contributed by atoms with E-state index in [-0.39, 0.29) is 12.1 Å². The van der Waals surface area contributed by atoms with Crippen LogP contribution in [0.2, 0.25) is 0 Å². The molecule has 1 N–H and O–H groups in total. The molecule has 0 fully saturated rings. The van der Waals surface area contributed by atoms with Gasteiger partial charge in [0.05, 0.1) is 5.56 Å². The molecule has 0 saturated heterocycles. The predicted octanol–water partition coefficient (Wildman–Crippen LogP) is 4.76. The second-order valence-corrected chi connectivity index (χ2v) is 6.43. The van der Waals surface area contributed by atoms with Crippen molar-refractivity contribution in [3.63, 3.8) is 0 Å². The van der Waals surface area contributed by atoms with Gasteiger partial charge in [-0.3, -0.25) is 4.79 Å². The van der Waals surface area contributed by atoms with Crippen molar-refractivity contribution in [1.29, 1.82) is 0 Å². The molecular weight excluding hydrogens is 308 g/mol. The third kappa shape index (κ3) is 3.01. The summed E-state index contributed by atoms with van der Waals surface area (Å²) >= 11 is 0. The van der Waals surface area contributed by atoms with Crippen molar-refractivity contribution >= 4 is 11.6 Å². The van der Waals surface area contributed by atoms with Crippen molar-refractivity contribution in [1.82, 2.24) is 4.90 Å².